The van der Waals surface area contributed by atoms with Gasteiger partial charge < -0.3 is 15.2 Å². The van der Waals surface area contributed by atoms with Gasteiger partial charge >= 0.3 is 5.69 Å². The number of benzene rings is 1. The summed E-state index contributed by atoms with van der Waals surface area (Å²) in [6, 6.07) is 6.94. The molecule has 2 aromatic heterocycles. The highest BCUT2D eigenvalue weighted by molar-refractivity contribution is 5.95. The summed E-state index contributed by atoms with van der Waals surface area (Å²) < 4.78 is 6.56. The topological polar surface area (TPSA) is 122 Å². The van der Waals surface area contributed by atoms with Gasteiger partial charge in [-0.3, -0.25) is 14.3 Å². The van der Waals surface area contributed by atoms with Crippen molar-refractivity contribution < 1.29 is 14.6 Å². The van der Waals surface area contributed by atoms with Crippen LogP contribution in [0.4, 0.5) is 0 Å². The van der Waals surface area contributed by atoms with Crippen LogP contribution in [0.15, 0.2) is 35.3 Å². The average Bonchev–Trinajstić information content (AvgIpc) is 3.01. The molecule has 0 aliphatic carbocycles. The van der Waals surface area contributed by atoms with Crippen molar-refractivity contribution in [1.82, 2.24) is 24.8 Å². The van der Waals surface area contributed by atoms with Gasteiger partial charge in [-0.25, -0.2) is 14.8 Å². The molecule has 142 valence electrons. The van der Waals surface area contributed by atoms with Gasteiger partial charge in [0.1, 0.15) is 0 Å². The third kappa shape index (κ3) is 4.21. The quantitative estimate of drug-likeness (QED) is 0.497. The predicted molar refractivity (Wildman–Crippen MR) is 99.5 cm³/mol. The number of nitrogens with one attached hydrogen (secondary N) is 2. The summed E-state index contributed by atoms with van der Waals surface area (Å²) in [7, 11) is 1.61. The number of imidazole rings is 1. The molecule has 0 bridgehead atoms. The average molecular weight is 371 g/mol. The van der Waals surface area contributed by atoms with Gasteiger partial charge in [-0.15, -0.1) is 0 Å². The van der Waals surface area contributed by atoms with Crippen molar-refractivity contribution in [2.75, 3.05) is 26.9 Å². The molecule has 3 aromatic rings. The number of methoxy groups -OCH3 is 1. The first-order valence-corrected chi connectivity index (χ1v) is 8.58. The SMILES string of the molecule is COCCCn1c(=O)[nH]c2ncc(-c3cccc(C(=O)NCCO)c3)nc21. The van der Waals surface area contributed by atoms with E-state index in [2.05, 4.69) is 20.3 Å². The minimum Gasteiger partial charge on any atom is -0.395 e. The Labute approximate surface area is 155 Å². The highest BCUT2D eigenvalue weighted by Gasteiger charge is 2.12. The highest BCUT2D eigenvalue weighted by Crippen LogP contribution is 2.19. The number of rotatable bonds is 8. The second-order valence-corrected chi connectivity index (χ2v) is 5.92. The minimum absolute atomic E-state index is 0.123. The van der Waals surface area contributed by atoms with Crippen LogP contribution in [0.5, 0.6) is 0 Å². The van der Waals surface area contributed by atoms with Gasteiger partial charge in [0.05, 0.1) is 18.5 Å². The Hall–Kier alpha value is -3.04. The lowest BCUT2D eigenvalue weighted by Crippen LogP contribution is -2.26. The lowest BCUT2D eigenvalue weighted by Gasteiger charge is -2.07. The van der Waals surface area contributed by atoms with Crippen molar-refractivity contribution in [3.63, 3.8) is 0 Å². The van der Waals surface area contributed by atoms with Crippen LogP contribution >= 0.6 is 0 Å². The number of aromatic nitrogens is 4. The fourth-order valence-corrected chi connectivity index (χ4v) is 2.73. The summed E-state index contributed by atoms with van der Waals surface area (Å²) in [6.07, 6.45) is 2.23. The Bertz CT molecular complexity index is 995. The number of aryl methyl sites for hydroxylation is 1. The first-order valence-electron chi connectivity index (χ1n) is 8.58. The van der Waals surface area contributed by atoms with Crippen LogP contribution in [0.2, 0.25) is 0 Å². The van der Waals surface area contributed by atoms with Gasteiger partial charge in [0.2, 0.25) is 0 Å². The highest BCUT2D eigenvalue weighted by atomic mass is 16.5. The number of H-pyrrole nitrogens is 1. The van der Waals surface area contributed by atoms with E-state index in [-0.39, 0.29) is 24.7 Å². The molecule has 0 saturated heterocycles. The van der Waals surface area contributed by atoms with E-state index in [0.717, 1.165) is 0 Å². The largest absolute Gasteiger partial charge is 0.395 e. The maximum atomic E-state index is 12.1. The van der Waals surface area contributed by atoms with Crippen molar-refractivity contribution in [3.05, 3.63) is 46.5 Å². The van der Waals surface area contributed by atoms with Crippen molar-refractivity contribution in [2.45, 2.75) is 13.0 Å². The van der Waals surface area contributed by atoms with Crippen LogP contribution in [0.25, 0.3) is 22.6 Å². The Balaban J connectivity index is 1.94. The van der Waals surface area contributed by atoms with Gasteiger partial charge in [0, 0.05) is 37.9 Å². The van der Waals surface area contributed by atoms with E-state index in [1.54, 1.807) is 31.5 Å². The van der Waals surface area contributed by atoms with E-state index in [9.17, 15) is 9.59 Å². The predicted octanol–water partition coefficient (Wildman–Crippen LogP) is 0.545. The third-order valence-corrected chi connectivity index (χ3v) is 4.03. The zero-order valence-corrected chi connectivity index (χ0v) is 14.9. The molecule has 3 rings (SSSR count). The summed E-state index contributed by atoms with van der Waals surface area (Å²) in [4.78, 5) is 35.8. The maximum Gasteiger partial charge on any atom is 0.328 e. The van der Waals surface area contributed by atoms with Gasteiger partial charge in [0.25, 0.3) is 5.91 Å². The molecule has 0 radical (unpaired) electrons. The second-order valence-electron chi connectivity index (χ2n) is 5.92. The number of aromatic amines is 1. The Kier molecular flexibility index (Phi) is 5.94. The zero-order valence-electron chi connectivity index (χ0n) is 14.9. The Morgan fingerprint density at radius 2 is 2.26 bits per heavy atom. The van der Waals surface area contributed by atoms with Crippen molar-refractivity contribution >= 4 is 17.2 Å². The first kappa shape index (κ1) is 18.7. The van der Waals surface area contributed by atoms with E-state index in [0.29, 0.717) is 47.7 Å². The smallest absolute Gasteiger partial charge is 0.328 e. The first-order chi connectivity index (χ1) is 13.1. The van der Waals surface area contributed by atoms with Crippen LogP contribution in [-0.2, 0) is 11.3 Å². The summed E-state index contributed by atoms with van der Waals surface area (Å²) in [5.41, 5.74) is 2.32. The molecule has 1 aromatic carbocycles. The molecule has 2 heterocycles. The maximum absolute atomic E-state index is 12.1. The number of carbonyl (C=O) groups is 1. The molecule has 0 aliphatic rings. The number of carbonyl (C=O) groups excluding carboxylic acids is 1. The number of hydrogen-bond donors (Lipinski definition) is 3. The monoisotopic (exact) mass is 371 g/mol. The number of ether oxygens (including phenoxy) is 1. The molecule has 9 heteroatoms. The molecule has 0 atom stereocenters. The summed E-state index contributed by atoms with van der Waals surface area (Å²) in [5, 5.41) is 11.4. The molecule has 1 amide bonds. The molecular formula is C18H21N5O4. The number of aliphatic hydroxyl groups excluding tert-OH is 1. The number of fused-ring (bicyclic) bond motifs is 1. The van der Waals surface area contributed by atoms with Crippen molar-refractivity contribution in [2.24, 2.45) is 0 Å². The van der Waals surface area contributed by atoms with Gasteiger partial charge in [-0.1, -0.05) is 12.1 Å². The van der Waals surface area contributed by atoms with Gasteiger partial charge in [0.15, 0.2) is 11.3 Å². The van der Waals surface area contributed by atoms with Crippen molar-refractivity contribution in [3.8, 4) is 11.3 Å². The lowest BCUT2D eigenvalue weighted by atomic mass is 10.1. The number of nitrogens with zero attached hydrogens (tertiary/aromatic N) is 3. The normalized spacial score (nSPS) is 11.0. The number of aliphatic hydroxyl groups is 1. The van der Waals surface area contributed by atoms with Crippen LogP contribution in [0.1, 0.15) is 16.8 Å². The van der Waals surface area contributed by atoms with E-state index >= 15 is 0 Å². The molecule has 0 fully saturated rings. The Morgan fingerprint density at radius 1 is 1.41 bits per heavy atom. The molecule has 0 saturated carbocycles. The van der Waals surface area contributed by atoms with Crippen LogP contribution < -0.4 is 11.0 Å². The van der Waals surface area contributed by atoms with Crippen molar-refractivity contribution in [1.29, 1.82) is 0 Å². The number of amides is 1. The zero-order chi connectivity index (χ0) is 19.2. The van der Waals surface area contributed by atoms with Gasteiger partial charge in [-0.2, -0.15) is 0 Å². The second kappa shape index (κ2) is 8.56. The fourth-order valence-electron chi connectivity index (χ4n) is 2.73. The van der Waals surface area contributed by atoms with E-state index in [4.69, 9.17) is 9.84 Å². The molecule has 0 aliphatic heterocycles. The minimum atomic E-state index is -0.280. The molecule has 3 N–H and O–H groups in total. The molecule has 0 unspecified atom stereocenters. The van der Waals surface area contributed by atoms with E-state index < -0.39 is 0 Å². The lowest BCUT2D eigenvalue weighted by molar-refractivity contribution is 0.0945. The van der Waals surface area contributed by atoms with E-state index in [1.165, 1.54) is 4.57 Å². The van der Waals surface area contributed by atoms with Crippen LogP contribution in [0, 0.1) is 0 Å². The summed E-state index contributed by atoms with van der Waals surface area (Å²) >= 11 is 0. The molecule has 9 nitrogen and oxygen atoms in total. The standard InChI is InChI=1S/C18H21N5O4/c1-27-9-3-7-23-16-15(22-18(23)26)20-11-14(21-16)12-4-2-5-13(10-12)17(25)19-6-8-24/h2,4-5,10-11,24H,3,6-9H2,1H3,(H,19,25)(H,20,22,26). The fraction of sp³-hybridized carbons (Fsp3) is 0.333. The summed E-state index contributed by atoms with van der Waals surface area (Å²) in [5.74, 6) is -0.280. The molecule has 0 spiro atoms. The van der Waals surface area contributed by atoms with Crippen LogP contribution in [-0.4, -0.2) is 57.4 Å². The van der Waals surface area contributed by atoms with Gasteiger partial charge in [-0.05, 0) is 18.6 Å². The number of hydrogen-bond acceptors (Lipinski definition) is 6. The third-order valence-electron chi connectivity index (χ3n) is 4.03. The Morgan fingerprint density at radius 3 is 3.04 bits per heavy atom. The molecular weight excluding hydrogens is 350 g/mol. The van der Waals surface area contributed by atoms with E-state index in [1.807, 2.05) is 6.07 Å². The molecule has 27 heavy (non-hydrogen) atoms. The summed E-state index contributed by atoms with van der Waals surface area (Å²) in [6.45, 7) is 1.07. The van der Waals surface area contributed by atoms with Crippen LogP contribution in [0.3, 0.4) is 0 Å².